The third-order valence-electron chi connectivity index (χ3n) is 3.66. The molecule has 0 radical (unpaired) electrons. The van der Waals surface area contributed by atoms with Crippen LogP contribution in [-0.4, -0.2) is 45.0 Å². The lowest BCUT2D eigenvalue weighted by Gasteiger charge is -2.26. The van der Waals surface area contributed by atoms with Crippen LogP contribution in [0, 0.1) is 0 Å². The Morgan fingerprint density at radius 2 is 2.05 bits per heavy atom. The molecule has 1 aromatic rings. The van der Waals surface area contributed by atoms with E-state index in [9.17, 15) is 13.2 Å². The number of hydrogen-bond donors (Lipinski definition) is 1. The lowest BCUT2D eigenvalue weighted by molar-refractivity contribution is 0.0179. The molecule has 1 aliphatic rings. The fourth-order valence-corrected chi connectivity index (χ4v) is 4.65. The molecule has 0 aliphatic carbocycles. The van der Waals surface area contributed by atoms with E-state index in [1.54, 1.807) is 18.9 Å². The first kappa shape index (κ1) is 16.5. The van der Waals surface area contributed by atoms with Crippen LogP contribution in [0.25, 0.3) is 0 Å². The number of sulfonamides is 1. The number of Topliss-reactive ketones (excluding diaryl/α,β-unsaturated/α-hetero) is 1. The monoisotopic (exact) mass is 329 g/mol. The fourth-order valence-electron chi connectivity index (χ4n) is 2.14. The second kappa shape index (κ2) is 6.48. The van der Waals surface area contributed by atoms with Crippen LogP contribution >= 0.6 is 11.8 Å². The minimum atomic E-state index is -3.59. The molecule has 1 unspecified atom stereocenters. The van der Waals surface area contributed by atoms with Crippen molar-refractivity contribution in [1.82, 2.24) is 4.72 Å². The Hall–Kier alpha value is -0.890. The van der Waals surface area contributed by atoms with Crippen molar-refractivity contribution in [1.29, 1.82) is 0 Å². The number of rotatable bonds is 6. The Kier molecular flexibility index (Phi) is 5.08. The van der Waals surface area contributed by atoms with Crippen LogP contribution < -0.4 is 4.72 Å². The topological polar surface area (TPSA) is 72.5 Å². The summed E-state index contributed by atoms with van der Waals surface area (Å²) in [6, 6.07) is 5.94. The van der Waals surface area contributed by atoms with Gasteiger partial charge in [0.05, 0.1) is 10.5 Å². The van der Waals surface area contributed by atoms with Gasteiger partial charge in [0.1, 0.15) is 0 Å². The van der Waals surface area contributed by atoms with Crippen molar-refractivity contribution in [3.8, 4) is 0 Å². The van der Waals surface area contributed by atoms with Crippen LogP contribution in [0.4, 0.5) is 0 Å². The third kappa shape index (κ3) is 3.85. The van der Waals surface area contributed by atoms with Crippen LogP contribution in [0.1, 0.15) is 23.7 Å². The Labute approximate surface area is 129 Å². The van der Waals surface area contributed by atoms with Gasteiger partial charge in [0.15, 0.2) is 5.78 Å². The quantitative estimate of drug-likeness (QED) is 0.804. The predicted octanol–water partition coefficient (Wildman–Crippen LogP) is 1.69. The van der Waals surface area contributed by atoms with E-state index in [2.05, 4.69) is 4.72 Å². The van der Waals surface area contributed by atoms with Crippen molar-refractivity contribution < 1.29 is 17.9 Å². The molecule has 0 bridgehead atoms. The van der Waals surface area contributed by atoms with E-state index in [-0.39, 0.29) is 17.2 Å². The van der Waals surface area contributed by atoms with E-state index in [0.29, 0.717) is 5.56 Å². The maximum Gasteiger partial charge on any atom is 0.240 e. The van der Waals surface area contributed by atoms with Crippen molar-refractivity contribution >= 4 is 27.6 Å². The van der Waals surface area contributed by atoms with Gasteiger partial charge < -0.3 is 4.74 Å². The molecular weight excluding hydrogens is 310 g/mol. The molecule has 7 heteroatoms. The second-order valence-corrected chi connectivity index (χ2v) is 7.97. The van der Waals surface area contributed by atoms with Gasteiger partial charge in [0.25, 0.3) is 0 Å². The van der Waals surface area contributed by atoms with Crippen LogP contribution in [0.15, 0.2) is 29.2 Å². The Morgan fingerprint density at radius 3 is 2.52 bits per heavy atom. The molecule has 21 heavy (non-hydrogen) atoms. The molecular formula is C14H19NO4S2. The number of nitrogens with one attached hydrogen (secondary N) is 1. The molecule has 5 nitrogen and oxygen atoms in total. The van der Waals surface area contributed by atoms with Crippen molar-refractivity contribution in [2.75, 3.05) is 25.2 Å². The van der Waals surface area contributed by atoms with Crippen LogP contribution in [0.3, 0.4) is 0 Å². The van der Waals surface area contributed by atoms with E-state index < -0.39 is 15.6 Å². The van der Waals surface area contributed by atoms with Gasteiger partial charge in [-0.15, -0.1) is 0 Å². The molecule has 1 atom stereocenters. The molecule has 1 N–H and O–H groups in total. The summed E-state index contributed by atoms with van der Waals surface area (Å²) in [5.74, 6) is 1.67. The van der Waals surface area contributed by atoms with Gasteiger partial charge in [-0.3, -0.25) is 4.79 Å². The molecule has 1 aromatic carbocycles. The SMILES string of the molecule is COC1(CNS(=O)(=O)c2ccc(C(C)=O)cc2)CCSC1. The number of methoxy groups -OCH3 is 1. The average Bonchev–Trinajstić information content (AvgIpc) is 2.95. The molecule has 0 spiro atoms. The van der Waals surface area contributed by atoms with Gasteiger partial charge in [0, 0.05) is 25.0 Å². The number of thioether (sulfide) groups is 1. The zero-order valence-corrected chi connectivity index (χ0v) is 13.7. The maximum atomic E-state index is 12.3. The summed E-state index contributed by atoms with van der Waals surface area (Å²) in [6.07, 6.45) is 0.833. The van der Waals surface area contributed by atoms with Crippen LogP contribution in [0.5, 0.6) is 0 Å². The molecule has 1 aliphatic heterocycles. The largest absolute Gasteiger partial charge is 0.376 e. The number of ether oxygens (including phenoxy) is 1. The van der Waals surface area contributed by atoms with Gasteiger partial charge >= 0.3 is 0 Å². The van der Waals surface area contributed by atoms with E-state index in [4.69, 9.17) is 4.74 Å². The molecule has 1 fully saturated rings. The molecule has 0 aromatic heterocycles. The molecule has 2 rings (SSSR count). The second-order valence-electron chi connectivity index (χ2n) is 5.09. The average molecular weight is 329 g/mol. The standard InChI is InChI=1S/C14H19NO4S2/c1-11(16)12-3-5-13(6-4-12)21(17,18)15-9-14(19-2)7-8-20-10-14/h3-6,15H,7-10H2,1-2H3. The first-order chi connectivity index (χ1) is 9.88. The number of benzene rings is 1. The van der Waals surface area contributed by atoms with E-state index in [0.717, 1.165) is 17.9 Å². The van der Waals surface area contributed by atoms with Gasteiger partial charge in [-0.25, -0.2) is 13.1 Å². The smallest absolute Gasteiger partial charge is 0.240 e. The lowest BCUT2D eigenvalue weighted by atomic mass is 10.0. The van der Waals surface area contributed by atoms with Crippen molar-refractivity contribution in [2.24, 2.45) is 0 Å². The van der Waals surface area contributed by atoms with E-state index >= 15 is 0 Å². The van der Waals surface area contributed by atoms with E-state index in [1.807, 2.05) is 0 Å². The molecule has 0 saturated carbocycles. The van der Waals surface area contributed by atoms with Crippen LogP contribution in [0.2, 0.25) is 0 Å². The number of hydrogen-bond acceptors (Lipinski definition) is 5. The summed E-state index contributed by atoms with van der Waals surface area (Å²) < 4.78 is 32.6. The Balaban J connectivity index is 2.09. The van der Waals surface area contributed by atoms with Crippen molar-refractivity contribution in [3.05, 3.63) is 29.8 Å². The number of carbonyl (C=O) groups is 1. The lowest BCUT2D eigenvalue weighted by Crippen LogP contribution is -2.44. The number of ketones is 1. The highest BCUT2D eigenvalue weighted by atomic mass is 32.2. The Bertz CT molecular complexity index is 604. The molecule has 0 amide bonds. The minimum absolute atomic E-state index is 0.0896. The highest BCUT2D eigenvalue weighted by molar-refractivity contribution is 7.99. The van der Waals surface area contributed by atoms with E-state index in [1.165, 1.54) is 31.2 Å². The predicted molar refractivity (Wildman–Crippen MR) is 83.3 cm³/mol. The van der Waals surface area contributed by atoms with Gasteiger partial charge in [-0.1, -0.05) is 12.1 Å². The summed E-state index contributed by atoms with van der Waals surface area (Å²) in [4.78, 5) is 11.4. The zero-order valence-electron chi connectivity index (χ0n) is 12.1. The van der Waals surface area contributed by atoms with Gasteiger partial charge in [-0.2, -0.15) is 11.8 Å². The summed E-state index contributed by atoms with van der Waals surface area (Å²) in [7, 11) is -1.98. The first-order valence-corrected chi connectivity index (χ1v) is 9.26. The molecule has 1 saturated heterocycles. The summed E-state index contributed by atoms with van der Waals surface area (Å²) in [5.41, 5.74) is 0.0753. The highest BCUT2D eigenvalue weighted by Crippen LogP contribution is 2.30. The molecule has 116 valence electrons. The fraction of sp³-hybridized carbons (Fsp3) is 0.500. The van der Waals surface area contributed by atoms with Gasteiger partial charge in [-0.05, 0) is 31.2 Å². The zero-order chi connectivity index (χ0) is 15.5. The van der Waals surface area contributed by atoms with Crippen LogP contribution in [-0.2, 0) is 14.8 Å². The summed E-state index contributed by atoms with van der Waals surface area (Å²) >= 11 is 1.76. The number of carbonyl (C=O) groups excluding carboxylic acids is 1. The normalized spacial score (nSPS) is 22.4. The van der Waals surface area contributed by atoms with Crippen molar-refractivity contribution in [2.45, 2.75) is 23.8 Å². The van der Waals surface area contributed by atoms with Gasteiger partial charge in [0.2, 0.25) is 10.0 Å². The molecule has 1 heterocycles. The first-order valence-electron chi connectivity index (χ1n) is 6.62. The maximum absolute atomic E-state index is 12.3. The summed E-state index contributed by atoms with van der Waals surface area (Å²) in [6.45, 7) is 1.70. The summed E-state index contributed by atoms with van der Waals surface area (Å²) in [5, 5.41) is 0. The minimum Gasteiger partial charge on any atom is -0.376 e. The third-order valence-corrected chi connectivity index (χ3v) is 6.30. The highest BCUT2D eigenvalue weighted by Gasteiger charge is 2.35. The Morgan fingerprint density at radius 1 is 1.38 bits per heavy atom. The van der Waals surface area contributed by atoms with Crippen molar-refractivity contribution in [3.63, 3.8) is 0 Å².